The molecule has 1 saturated heterocycles. The van der Waals surface area contributed by atoms with Gasteiger partial charge >= 0.3 is 5.97 Å². The highest BCUT2D eigenvalue weighted by molar-refractivity contribution is 5.92. The van der Waals surface area contributed by atoms with Crippen LogP contribution < -0.4 is 0 Å². The molecule has 4 fully saturated rings. The van der Waals surface area contributed by atoms with Gasteiger partial charge in [0.2, 0.25) is 0 Å². The van der Waals surface area contributed by atoms with Crippen LogP contribution in [-0.4, -0.2) is 42.1 Å². The molecule has 4 aliphatic carbocycles. The number of carbonyl (C=O) groups is 2. The molecule has 1 aromatic rings. The molecule has 1 N–H and O–H groups in total. The van der Waals surface area contributed by atoms with Crippen molar-refractivity contribution in [2.75, 3.05) is 13.7 Å². The van der Waals surface area contributed by atoms with Crippen LogP contribution in [0.5, 0.6) is 0 Å². The van der Waals surface area contributed by atoms with Gasteiger partial charge in [-0.25, -0.2) is 0 Å². The van der Waals surface area contributed by atoms with E-state index in [-0.39, 0.29) is 41.3 Å². The summed E-state index contributed by atoms with van der Waals surface area (Å²) in [6, 6.07) is 9.53. The van der Waals surface area contributed by atoms with Crippen molar-refractivity contribution in [3.63, 3.8) is 0 Å². The van der Waals surface area contributed by atoms with Crippen molar-refractivity contribution < 1.29 is 28.9 Å². The van der Waals surface area contributed by atoms with Crippen molar-refractivity contribution >= 4 is 11.6 Å². The fourth-order valence-corrected chi connectivity index (χ4v) is 8.90. The van der Waals surface area contributed by atoms with E-state index < -0.39 is 23.1 Å². The number of aliphatic hydroxyl groups is 1. The second kappa shape index (κ2) is 7.82. The fraction of sp³-hybridized carbons (Fsp3) is 0.655. The van der Waals surface area contributed by atoms with Gasteiger partial charge in [-0.3, -0.25) is 9.59 Å². The van der Waals surface area contributed by atoms with Crippen LogP contribution in [-0.2, 0) is 29.8 Å². The average Bonchev–Trinajstić information content (AvgIpc) is 3.13. The minimum Gasteiger partial charge on any atom is -0.393 e. The maximum atomic E-state index is 13.7. The Labute approximate surface area is 207 Å². The number of fused-ring (bicyclic) bond motifs is 6. The van der Waals surface area contributed by atoms with Crippen molar-refractivity contribution in [1.82, 2.24) is 0 Å². The Morgan fingerprint density at radius 1 is 1.06 bits per heavy atom. The minimum absolute atomic E-state index is 0.0531. The zero-order valence-corrected chi connectivity index (χ0v) is 20.9. The second-order valence-electron chi connectivity index (χ2n) is 11.9. The Hall–Kier alpha value is -1.86. The number of Topliss-reactive ketones (excluding diaryl/α,β-unsaturated/α-hetero) is 1. The molecule has 0 amide bonds. The number of ketones is 2. The molecule has 8 atom stereocenters. The summed E-state index contributed by atoms with van der Waals surface area (Å²) in [5.41, 5.74) is 0.171. The highest BCUT2D eigenvalue weighted by atomic mass is 16.9. The van der Waals surface area contributed by atoms with E-state index in [2.05, 4.69) is 13.8 Å². The van der Waals surface area contributed by atoms with E-state index in [9.17, 15) is 14.7 Å². The molecular weight excluding hydrogens is 444 g/mol. The van der Waals surface area contributed by atoms with E-state index in [0.29, 0.717) is 19.3 Å². The topological polar surface area (TPSA) is 82.1 Å². The molecule has 35 heavy (non-hydrogen) atoms. The molecule has 6 nitrogen and oxygen atoms in total. The number of benzene rings is 1. The quantitative estimate of drug-likeness (QED) is 0.680. The maximum absolute atomic E-state index is 13.7. The lowest BCUT2D eigenvalue weighted by atomic mass is 9.45. The third-order valence-electron chi connectivity index (χ3n) is 10.6. The summed E-state index contributed by atoms with van der Waals surface area (Å²) in [7, 11) is 1.55. The number of allylic oxidation sites excluding steroid dienone is 1. The molecule has 0 bridgehead atoms. The Bertz CT molecular complexity index is 1080. The second-order valence-corrected chi connectivity index (χ2v) is 11.9. The van der Waals surface area contributed by atoms with E-state index in [4.69, 9.17) is 14.2 Å². The first-order valence-corrected chi connectivity index (χ1v) is 13.1. The van der Waals surface area contributed by atoms with Crippen molar-refractivity contribution in [3.05, 3.63) is 47.5 Å². The normalized spacial score (nSPS) is 47.1. The van der Waals surface area contributed by atoms with Gasteiger partial charge in [-0.1, -0.05) is 49.8 Å². The van der Waals surface area contributed by atoms with Crippen LogP contribution in [0.4, 0.5) is 0 Å². The van der Waals surface area contributed by atoms with Gasteiger partial charge < -0.3 is 19.3 Å². The highest BCUT2D eigenvalue weighted by Gasteiger charge is 2.72. The lowest BCUT2D eigenvalue weighted by Gasteiger charge is -2.62. The van der Waals surface area contributed by atoms with Gasteiger partial charge in [0, 0.05) is 24.5 Å². The molecule has 0 radical (unpaired) electrons. The number of aliphatic hydroxyl groups excluding tert-OH is 1. The molecular formula is C29H36O6. The number of hydrogen-bond acceptors (Lipinski definition) is 6. The number of ether oxygens (including phenoxy) is 3. The van der Waals surface area contributed by atoms with Crippen molar-refractivity contribution in [2.24, 2.45) is 28.6 Å². The van der Waals surface area contributed by atoms with E-state index in [1.165, 1.54) is 5.57 Å². The number of carbonyl (C=O) groups excluding carboxylic acids is 2. The van der Waals surface area contributed by atoms with Crippen LogP contribution in [0.15, 0.2) is 42.0 Å². The maximum Gasteiger partial charge on any atom is 0.313 e. The predicted molar refractivity (Wildman–Crippen MR) is 128 cm³/mol. The molecule has 6 heteroatoms. The van der Waals surface area contributed by atoms with Crippen molar-refractivity contribution in [2.45, 2.75) is 76.5 Å². The molecule has 5 aliphatic rings. The lowest BCUT2D eigenvalue weighted by molar-refractivity contribution is -0.435. The first kappa shape index (κ1) is 23.5. The van der Waals surface area contributed by atoms with Gasteiger partial charge in [0.25, 0.3) is 0 Å². The summed E-state index contributed by atoms with van der Waals surface area (Å²) in [6.07, 6.45) is 6.44. The summed E-state index contributed by atoms with van der Waals surface area (Å²) in [4.78, 5) is 25.8. The molecule has 1 unspecified atom stereocenters. The molecule has 188 valence electrons. The van der Waals surface area contributed by atoms with Gasteiger partial charge in [0.05, 0.1) is 6.10 Å². The molecule has 6 rings (SSSR count). The fourth-order valence-electron chi connectivity index (χ4n) is 8.90. The van der Waals surface area contributed by atoms with E-state index in [1.807, 2.05) is 36.4 Å². The molecule has 1 spiro atoms. The Kier molecular flexibility index (Phi) is 5.26. The third-order valence-corrected chi connectivity index (χ3v) is 10.6. The highest BCUT2D eigenvalue weighted by Crippen LogP contribution is 2.69. The zero-order valence-electron chi connectivity index (χ0n) is 20.9. The largest absolute Gasteiger partial charge is 0.393 e. The lowest BCUT2D eigenvalue weighted by Crippen LogP contribution is -2.67. The van der Waals surface area contributed by atoms with E-state index in [1.54, 1.807) is 7.11 Å². The summed E-state index contributed by atoms with van der Waals surface area (Å²) >= 11 is 0. The number of hydrogen-bond donors (Lipinski definition) is 1. The summed E-state index contributed by atoms with van der Waals surface area (Å²) in [6.45, 7) is 4.32. The van der Waals surface area contributed by atoms with Crippen LogP contribution in [0, 0.1) is 28.6 Å². The van der Waals surface area contributed by atoms with Gasteiger partial charge in [0.15, 0.2) is 11.6 Å². The number of rotatable bonds is 2. The molecule has 1 aliphatic heterocycles. The first-order chi connectivity index (χ1) is 16.7. The number of methoxy groups -OCH3 is 1. The van der Waals surface area contributed by atoms with Gasteiger partial charge in [-0.2, -0.15) is 0 Å². The third kappa shape index (κ3) is 3.03. The van der Waals surface area contributed by atoms with Crippen LogP contribution in [0.3, 0.4) is 0 Å². The summed E-state index contributed by atoms with van der Waals surface area (Å²) in [5, 5.41) is 11.7. The van der Waals surface area contributed by atoms with Gasteiger partial charge in [0.1, 0.15) is 12.2 Å². The Morgan fingerprint density at radius 3 is 2.57 bits per heavy atom. The van der Waals surface area contributed by atoms with Gasteiger partial charge in [-0.05, 0) is 67.8 Å². The average molecular weight is 481 g/mol. The molecule has 1 heterocycles. The van der Waals surface area contributed by atoms with Crippen LogP contribution in [0.25, 0.3) is 0 Å². The van der Waals surface area contributed by atoms with Crippen molar-refractivity contribution in [1.29, 1.82) is 0 Å². The summed E-state index contributed by atoms with van der Waals surface area (Å²) in [5.74, 6) is -0.662. The first-order valence-electron chi connectivity index (χ1n) is 13.1. The SMILES string of the molecule is COC1(c2ccccc2)OCC(=O)[C@]2(CC[C@H]3[C@@H]4CCC5=CC(=O)CC[C@]5(C)[C@H]4[C@@H](O)C[C@@]32C)O1. The molecule has 1 aromatic carbocycles. The van der Waals surface area contributed by atoms with Crippen LogP contribution in [0.1, 0.15) is 64.4 Å². The standard InChI is InChI=1S/C29H36O6/c1-26-13-11-20(30)15-19(26)9-10-21-22-12-14-28(27(22,2)16-23(31)25(21)26)24(32)17-34-29(33-3,35-28)18-7-5-4-6-8-18/h4-8,15,21-23,25,31H,9-14,16-17H2,1-3H3/t21-,22-,23-,25+,26-,27-,28-,29?/m0/s1. The minimum atomic E-state index is -1.45. The predicted octanol–water partition coefficient (Wildman–Crippen LogP) is 4.30. The van der Waals surface area contributed by atoms with E-state index in [0.717, 1.165) is 31.2 Å². The molecule has 3 saturated carbocycles. The monoisotopic (exact) mass is 480 g/mol. The van der Waals surface area contributed by atoms with Crippen LogP contribution >= 0.6 is 0 Å². The van der Waals surface area contributed by atoms with E-state index >= 15 is 0 Å². The Balaban J connectivity index is 1.40. The van der Waals surface area contributed by atoms with Gasteiger partial charge in [-0.15, -0.1) is 0 Å². The smallest absolute Gasteiger partial charge is 0.313 e. The molecule has 0 aromatic heterocycles. The van der Waals surface area contributed by atoms with Crippen LogP contribution in [0.2, 0.25) is 0 Å². The zero-order chi connectivity index (χ0) is 24.6. The summed E-state index contributed by atoms with van der Waals surface area (Å²) < 4.78 is 18.6. The Morgan fingerprint density at radius 2 is 1.83 bits per heavy atom. The van der Waals surface area contributed by atoms with Crippen molar-refractivity contribution in [3.8, 4) is 0 Å².